The summed E-state index contributed by atoms with van der Waals surface area (Å²) < 4.78 is 6.84. The molecular formula is C14H17IO. The summed E-state index contributed by atoms with van der Waals surface area (Å²) in [5.74, 6) is 1.89. The molecule has 1 aromatic carbocycles. The van der Waals surface area contributed by atoms with Crippen LogP contribution in [0.3, 0.4) is 0 Å². The molecule has 0 aromatic heterocycles. The highest BCUT2D eigenvalue weighted by Crippen LogP contribution is 2.48. The van der Waals surface area contributed by atoms with Crippen LogP contribution in [-0.2, 0) is 0 Å². The third-order valence-electron chi connectivity index (χ3n) is 3.89. The number of halogens is 1. The van der Waals surface area contributed by atoms with E-state index in [2.05, 4.69) is 48.6 Å². The van der Waals surface area contributed by atoms with Crippen molar-refractivity contribution in [2.45, 2.75) is 49.1 Å². The van der Waals surface area contributed by atoms with E-state index in [9.17, 15) is 0 Å². The summed E-state index contributed by atoms with van der Waals surface area (Å²) in [5, 5.41) is 0. The molecule has 2 bridgehead atoms. The average Bonchev–Trinajstić information content (AvgIpc) is 2.18. The number of hydrogen-bond donors (Lipinski definition) is 0. The standard InChI is InChI=1S/C14H17IO/c1-8-6-9(2)13-10-4-3-5-11(14(10)15)16-12(13)7-8/h6-7,10-11,14H,3-5H2,1-2H3/t10-,11-,14-/m1/s1. The minimum atomic E-state index is 0.452. The Kier molecular flexibility index (Phi) is 2.65. The fourth-order valence-electron chi connectivity index (χ4n) is 3.22. The maximum absolute atomic E-state index is 6.17. The minimum absolute atomic E-state index is 0.452. The summed E-state index contributed by atoms with van der Waals surface area (Å²) in [5.41, 5.74) is 4.23. The highest BCUT2D eigenvalue weighted by Gasteiger charge is 2.40. The molecule has 2 heteroatoms. The van der Waals surface area contributed by atoms with Gasteiger partial charge in [-0.3, -0.25) is 0 Å². The molecule has 1 aromatic rings. The highest BCUT2D eigenvalue weighted by molar-refractivity contribution is 14.1. The van der Waals surface area contributed by atoms with Gasteiger partial charge in [-0.1, -0.05) is 28.7 Å². The van der Waals surface area contributed by atoms with E-state index in [1.165, 1.54) is 41.7 Å². The lowest BCUT2D eigenvalue weighted by Gasteiger charge is -2.41. The van der Waals surface area contributed by atoms with Gasteiger partial charge >= 0.3 is 0 Å². The molecule has 0 N–H and O–H groups in total. The van der Waals surface area contributed by atoms with Crippen LogP contribution in [0, 0.1) is 13.8 Å². The zero-order chi connectivity index (χ0) is 11.3. The molecule has 3 atom stereocenters. The molecule has 16 heavy (non-hydrogen) atoms. The van der Waals surface area contributed by atoms with Gasteiger partial charge in [-0.05, 0) is 50.3 Å². The lowest BCUT2D eigenvalue weighted by Crippen LogP contribution is -2.40. The predicted molar refractivity (Wildman–Crippen MR) is 74.7 cm³/mol. The van der Waals surface area contributed by atoms with Crippen molar-refractivity contribution in [2.75, 3.05) is 0 Å². The van der Waals surface area contributed by atoms with E-state index >= 15 is 0 Å². The maximum atomic E-state index is 6.17. The fourth-order valence-corrected chi connectivity index (χ4v) is 4.45. The first-order chi connectivity index (χ1) is 7.66. The SMILES string of the molecule is Cc1cc(C)c2c(c1)O[C@@H]1CCC[C@H]2[C@H]1I. The van der Waals surface area contributed by atoms with Crippen LogP contribution in [-0.4, -0.2) is 10.0 Å². The zero-order valence-electron chi connectivity index (χ0n) is 9.79. The Balaban J connectivity index is 2.15. The third kappa shape index (κ3) is 1.57. The summed E-state index contributed by atoms with van der Waals surface area (Å²) >= 11 is 2.59. The molecule has 1 heterocycles. The molecule has 2 aliphatic rings. The number of benzene rings is 1. The highest BCUT2D eigenvalue weighted by atomic mass is 127. The number of hydrogen-bond acceptors (Lipinski definition) is 1. The average molecular weight is 328 g/mol. The fraction of sp³-hybridized carbons (Fsp3) is 0.571. The van der Waals surface area contributed by atoms with Crippen LogP contribution >= 0.6 is 22.6 Å². The van der Waals surface area contributed by atoms with Crippen molar-refractivity contribution < 1.29 is 4.74 Å². The predicted octanol–water partition coefficient (Wildman–Crippen LogP) is 4.14. The zero-order valence-corrected chi connectivity index (χ0v) is 12.0. The summed E-state index contributed by atoms with van der Waals surface area (Å²) in [6.45, 7) is 4.38. The van der Waals surface area contributed by atoms with E-state index in [0.717, 1.165) is 5.92 Å². The van der Waals surface area contributed by atoms with Gasteiger partial charge in [-0.15, -0.1) is 0 Å². The van der Waals surface area contributed by atoms with Crippen LogP contribution in [0.15, 0.2) is 12.1 Å². The molecule has 0 saturated heterocycles. The molecule has 0 unspecified atom stereocenters. The number of alkyl halides is 1. The molecular weight excluding hydrogens is 311 g/mol. The first-order valence-corrected chi connectivity index (χ1v) is 7.33. The van der Waals surface area contributed by atoms with Crippen LogP contribution in [0.2, 0.25) is 0 Å². The van der Waals surface area contributed by atoms with Gasteiger partial charge < -0.3 is 4.74 Å². The Bertz CT molecular complexity index is 427. The van der Waals surface area contributed by atoms with Gasteiger partial charge in [-0.2, -0.15) is 0 Å². The first kappa shape index (κ1) is 10.9. The monoisotopic (exact) mass is 328 g/mol. The summed E-state index contributed by atoms with van der Waals surface area (Å²) in [6.07, 6.45) is 4.34. The lowest BCUT2D eigenvalue weighted by atomic mass is 9.78. The third-order valence-corrected chi connectivity index (χ3v) is 5.56. The molecule has 1 fully saturated rings. The molecule has 3 rings (SSSR count). The normalized spacial score (nSPS) is 31.8. The van der Waals surface area contributed by atoms with Gasteiger partial charge in [-0.25, -0.2) is 0 Å². The first-order valence-electron chi connectivity index (χ1n) is 6.08. The van der Waals surface area contributed by atoms with Crippen molar-refractivity contribution in [2.24, 2.45) is 0 Å². The van der Waals surface area contributed by atoms with Crippen LogP contribution in [0.25, 0.3) is 0 Å². The van der Waals surface area contributed by atoms with Crippen LogP contribution in [0.1, 0.15) is 41.9 Å². The molecule has 0 spiro atoms. The quantitative estimate of drug-likeness (QED) is 0.514. The van der Waals surface area contributed by atoms with Crippen molar-refractivity contribution >= 4 is 22.6 Å². The molecule has 1 aliphatic heterocycles. The Hall–Kier alpha value is -0.250. The van der Waals surface area contributed by atoms with Crippen molar-refractivity contribution in [3.63, 3.8) is 0 Å². The van der Waals surface area contributed by atoms with Crippen molar-refractivity contribution in [1.82, 2.24) is 0 Å². The van der Waals surface area contributed by atoms with Crippen LogP contribution < -0.4 is 4.74 Å². The van der Waals surface area contributed by atoms with E-state index in [0.29, 0.717) is 10.0 Å². The van der Waals surface area contributed by atoms with Crippen molar-refractivity contribution in [3.8, 4) is 5.75 Å². The Labute approximate surface area is 111 Å². The largest absolute Gasteiger partial charge is 0.489 e. The van der Waals surface area contributed by atoms with E-state index in [1.54, 1.807) is 0 Å². The smallest absolute Gasteiger partial charge is 0.123 e. The van der Waals surface area contributed by atoms with Crippen molar-refractivity contribution in [1.29, 1.82) is 0 Å². The van der Waals surface area contributed by atoms with E-state index < -0.39 is 0 Å². The Morgan fingerprint density at radius 3 is 2.88 bits per heavy atom. The second kappa shape index (κ2) is 3.90. The Morgan fingerprint density at radius 2 is 2.06 bits per heavy atom. The molecule has 0 amide bonds. The van der Waals surface area contributed by atoms with E-state index in [-0.39, 0.29) is 0 Å². The number of rotatable bonds is 0. The van der Waals surface area contributed by atoms with Gasteiger partial charge in [0.25, 0.3) is 0 Å². The summed E-state index contributed by atoms with van der Waals surface area (Å²) in [6, 6.07) is 4.51. The molecule has 1 saturated carbocycles. The lowest BCUT2D eigenvalue weighted by molar-refractivity contribution is 0.132. The van der Waals surface area contributed by atoms with E-state index in [4.69, 9.17) is 4.74 Å². The van der Waals surface area contributed by atoms with E-state index in [1.807, 2.05) is 0 Å². The van der Waals surface area contributed by atoms with Crippen molar-refractivity contribution in [3.05, 3.63) is 28.8 Å². The van der Waals surface area contributed by atoms with Gasteiger partial charge in [0.1, 0.15) is 11.9 Å². The van der Waals surface area contributed by atoms with Crippen LogP contribution in [0.4, 0.5) is 0 Å². The number of fused-ring (bicyclic) bond motifs is 4. The number of ether oxygens (including phenoxy) is 1. The Morgan fingerprint density at radius 1 is 1.25 bits per heavy atom. The molecule has 0 radical (unpaired) electrons. The van der Waals surface area contributed by atoms with Gasteiger partial charge in [0.15, 0.2) is 0 Å². The second-order valence-corrected chi connectivity index (χ2v) is 6.57. The topological polar surface area (TPSA) is 9.23 Å². The van der Waals surface area contributed by atoms with Gasteiger partial charge in [0.2, 0.25) is 0 Å². The summed E-state index contributed by atoms with van der Waals surface area (Å²) in [4.78, 5) is 0. The van der Waals surface area contributed by atoms with Gasteiger partial charge in [0, 0.05) is 11.5 Å². The number of aryl methyl sites for hydroxylation is 2. The van der Waals surface area contributed by atoms with Gasteiger partial charge in [0.05, 0.1) is 3.92 Å². The molecule has 1 nitrogen and oxygen atoms in total. The second-order valence-electron chi connectivity index (χ2n) is 5.13. The maximum Gasteiger partial charge on any atom is 0.123 e. The summed E-state index contributed by atoms with van der Waals surface area (Å²) in [7, 11) is 0. The molecule has 1 aliphatic carbocycles. The minimum Gasteiger partial charge on any atom is -0.489 e. The molecule has 86 valence electrons. The van der Waals surface area contributed by atoms with Crippen LogP contribution in [0.5, 0.6) is 5.75 Å².